The number of para-hydroxylation sites is 1. The second-order valence-electron chi connectivity index (χ2n) is 5.14. The lowest BCUT2D eigenvalue weighted by atomic mass is 10.1. The maximum atomic E-state index is 13.0. The molecule has 0 aliphatic carbocycles. The highest BCUT2D eigenvalue weighted by Gasteiger charge is 2.44. The van der Waals surface area contributed by atoms with Gasteiger partial charge >= 0.3 is 5.97 Å². The van der Waals surface area contributed by atoms with Crippen molar-refractivity contribution in [3.8, 4) is 0 Å². The van der Waals surface area contributed by atoms with Crippen molar-refractivity contribution in [2.45, 2.75) is 31.2 Å². The van der Waals surface area contributed by atoms with E-state index < -0.39 is 22.0 Å². The van der Waals surface area contributed by atoms with Crippen molar-refractivity contribution in [2.75, 3.05) is 4.31 Å². The topological polar surface area (TPSA) is 101 Å². The molecular formula is C14H14N2O5S. The van der Waals surface area contributed by atoms with Crippen molar-refractivity contribution in [3.63, 3.8) is 0 Å². The van der Waals surface area contributed by atoms with Crippen LogP contribution in [0.15, 0.2) is 33.7 Å². The Morgan fingerprint density at radius 1 is 1.36 bits per heavy atom. The van der Waals surface area contributed by atoms with E-state index in [0.29, 0.717) is 11.3 Å². The monoisotopic (exact) mass is 322 g/mol. The summed E-state index contributed by atoms with van der Waals surface area (Å²) in [6.07, 6.45) is 0.133. The third-order valence-corrected chi connectivity index (χ3v) is 5.76. The molecule has 1 atom stereocenters. The van der Waals surface area contributed by atoms with E-state index in [1.807, 2.05) is 0 Å². The Hall–Kier alpha value is -2.35. The first-order valence-corrected chi connectivity index (χ1v) is 8.06. The Morgan fingerprint density at radius 3 is 2.64 bits per heavy atom. The van der Waals surface area contributed by atoms with Gasteiger partial charge in [-0.05, 0) is 25.5 Å². The number of hydrogen-bond acceptors (Lipinski definition) is 5. The minimum absolute atomic E-state index is 0.0737. The minimum atomic E-state index is -4.07. The van der Waals surface area contributed by atoms with Gasteiger partial charge in [-0.2, -0.15) is 0 Å². The smallest absolute Gasteiger partial charge is 0.327 e. The molecule has 7 nitrogen and oxygen atoms in total. The van der Waals surface area contributed by atoms with Gasteiger partial charge in [-0.25, -0.2) is 13.2 Å². The number of aromatic nitrogens is 1. The minimum Gasteiger partial charge on any atom is -0.480 e. The lowest BCUT2D eigenvalue weighted by molar-refractivity contribution is -0.138. The van der Waals surface area contributed by atoms with E-state index in [9.17, 15) is 18.3 Å². The SMILES string of the molecule is Cc1noc(C)c1S(=O)(=O)N1c2ccccc2CC1C(=O)O. The van der Waals surface area contributed by atoms with Gasteiger partial charge in [0.1, 0.15) is 11.7 Å². The van der Waals surface area contributed by atoms with E-state index in [1.165, 1.54) is 13.8 Å². The average molecular weight is 322 g/mol. The predicted molar refractivity (Wildman–Crippen MR) is 77.2 cm³/mol. The molecule has 2 aromatic rings. The second kappa shape index (κ2) is 4.84. The zero-order valence-corrected chi connectivity index (χ0v) is 12.8. The van der Waals surface area contributed by atoms with Crippen molar-refractivity contribution < 1.29 is 22.8 Å². The quantitative estimate of drug-likeness (QED) is 0.919. The number of aliphatic carboxylic acids is 1. The molecule has 1 N–H and O–H groups in total. The largest absolute Gasteiger partial charge is 0.480 e. The highest BCUT2D eigenvalue weighted by atomic mass is 32.2. The zero-order valence-electron chi connectivity index (χ0n) is 12.0. The van der Waals surface area contributed by atoms with Crippen LogP contribution in [0.2, 0.25) is 0 Å². The van der Waals surface area contributed by atoms with Crippen LogP contribution >= 0.6 is 0 Å². The first-order valence-electron chi connectivity index (χ1n) is 6.62. The number of anilines is 1. The molecule has 1 aromatic heterocycles. The van der Waals surface area contributed by atoms with Gasteiger partial charge in [-0.15, -0.1) is 0 Å². The molecule has 1 aliphatic rings. The number of nitrogens with zero attached hydrogens (tertiary/aromatic N) is 2. The number of carboxylic acid groups (broad SMARTS) is 1. The number of carbonyl (C=O) groups is 1. The van der Waals surface area contributed by atoms with Crippen LogP contribution in [0.1, 0.15) is 17.0 Å². The fraction of sp³-hybridized carbons (Fsp3) is 0.286. The Balaban J connectivity index is 2.22. The number of carboxylic acids is 1. The van der Waals surface area contributed by atoms with Crippen LogP contribution in [0.25, 0.3) is 0 Å². The van der Waals surface area contributed by atoms with E-state index in [2.05, 4.69) is 5.16 Å². The molecule has 2 heterocycles. The Labute approximate surface area is 127 Å². The number of fused-ring (bicyclic) bond motifs is 1. The lowest BCUT2D eigenvalue weighted by Crippen LogP contribution is -2.43. The summed E-state index contributed by atoms with van der Waals surface area (Å²) >= 11 is 0. The molecular weight excluding hydrogens is 308 g/mol. The first kappa shape index (κ1) is 14.6. The van der Waals surface area contributed by atoms with Crippen LogP contribution in [-0.4, -0.2) is 30.7 Å². The van der Waals surface area contributed by atoms with Gasteiger partial charge in [-0.1, -0.05) is 23.4 Å². The lowest BCUT2D eigenvalue weighted by Gasteiger charge is -2.24. The molecule has 116 valence electrons. The number of hydrogen-bond donors (Lipinski definition) is 1. The van der Waals surface area contributed by atoms with Crippen LogP contribution in [0.5, 0.6) is 0 Å². The van der Waals surface area contributed by atoms with E-state index in [4.69, 9.17) is 4.52 Å². The maximum Gasteiger partial charge on any atom is 0.327 e. The Bertz CT molecular complexity index is 836. The maximum absolute atomic E-state index is 13.0. The fourth-order valence-electron chi connectivity index (χ4n) is 2.78. The van der Waals surface area contributed by atoms with Gasteiger partial charge in [0.15, 0.2) is 10.7 Å². The Kier molecular flexibility index (Phi) is 3.21. The summed E-state index contributed by atoms with van der Waals surface area (Å²) in [7, 11) is -4.07. The normalized spacial score (nSPS) is 17.5. The van der Waals surface area contributed by atoms with Gasteiger partial charge in [0.05, 0.1) is 5.69 Å². The number of aryl methyl sites for hydroxylation is 2. The highest BCUT2D eigenvalue weighted by molar-refractivity contribution is 7.93. The Morgan fingerprint density at radius 2 is 2.05 bits per heavy atom. The molecule has 8 heteroatoms. The summed E-state index contributed by atoms with van der Waals surface area (Å²) in [5, 5.41) is 13.1. The molecule has 0 saturated heterocycles. The average Bonchev–Trinajstić information content (AvgIpc) is 3.00. The van der Waals surface area contributed by atoms with Crippen molar-refractivity contribution >= 4 is 21.7 Å². The first-order chi connectivity index (χ1) is 10.3. The molecule has 0 amide bonds. The van der Waals surface area contributed by atoms with Crippen LogP contribution < -0.4 is 4.31 Å². The van der Waals surface area contributed by atoms with Crippen LogP contribution in [0.4, 0.5) is 5.69 Å². The molecule has 0 fully saturated rings. The predicted octanol–water partition coefficient (Wildman–Crippen LogP) is 1.50. The standard InChI is InChI=1S/C14H14N2O5S/c1-8-13(9(2)21-15-8)22(19,20)16-11-6-4-3-5-10(11)7-12(16)14(17)18/h3-6,12H,7H2,1-2H3,(H,17,18). The molecule has 22 heavy (non-hydrogen) atoms. The van der Waals surface area contributed by atoms with Gasteiger partial charge in [0.2, 0.25) is 0 Å². The third kappa shape index (κ3) is 1.98. The summed E-state index contributed by atoms with van der Waals surface area (Å²) < 4.78 is 31.8. The summed E-state index contributed by atoms with van der Waals surface area (Å²) in [5.74, 6) is -1.04. The third-order valence-electron chi connectivity index (χ3n) is 3.70. The molecule has 1 aromatic carbocycles. The van der Waals surface area contributed by atoms with E-state index in [-0.39, 0.29) is 22.8 Å². The van der Waals surface area contributed by atoms with E-state index >= 15 is 0 Å². The molecule has 0 radical (unpaired) electrons. The van der Waals surface area contributed by atoms with E-state index in [0.717, 1.165) is 4.31 Å². The molecule has 0 saturated carbocycles. The van der Waals surface area contributed by atoms with Crippen molar-refractivity contribution in [1.29, 1.82) is 0 Å². The van der Waals surface area contributed by atoms with Crippen molar-refractivity contribution in [1.82, 2.24) is 5.16 Å². The van der Waals surface area contributed by atoms with Gasteiger partial charge in [-0.3, -0.25) is 4.31 Å². The summed E-state index contributed by atoms with van der Waals surface area (Å²) in [4.78, 5) is 11.4. The van der Waals surface area contributed by atoms with E-state index in [1.54, 1.807) is 24.3 Å². The molecule has 0 bridgehead atoms. The number of benzene rings is 1. The molecule has 1 unspecified atom stereocenters. The fourth-order valence-corrected chi connectivity index (χ4v) is 4.73. The van der Waals surface area contributed by atoms with Crippen LogP contribution in [0.3, 0.4) is 0 Å². The van der Waals surface area contributed by atoms with Gasteiger partial charge in [0, 0.05) is 6.42 Å². The van der Waals surface area contributed by atoms with Crippen LogP contribution in [0, 0.1) is 13.8 Å². The van der Waals surface area contributed by atoms with Crippen molar-refractivity contribution in [2.24, 2.45) is 0 Å². The number of sulfonamides is 1. The zero-order chi connectivity index (χ0) is 16.1. The molecule has 0 spiro atoms. The highest BCUT2D eigenvalue weighted by Crippen LogP contribution is 2.38. The second-order valence-corrected chi connectivity index (χ2v) is 6.89. The molecule has 1 aliphatic heterocycles. The van der Waals surface area contributed by atoms with Crippen molar-refractivity contribution in [3.05, 3.63) is 41.3 Å². The van der Waals surface area contributed by atoms with Crippen LogP contribution in [-0.2, 0) is 21.2 Å². The molecule has 3 rings (SSSR count). The summed E-state index contributed by atoms with van der Waals surface area (Å²) in [6.45, 7) is 3.01. The van der Waals surface area contributed by atoms with Gasteiger partial charge < -0.3 is 9.63 Å². The summed E-state index contributed by atoms with van der Waals surface area (Å²) in [6, 6.07) is 5.60. The van der Waals surface area contributed by atoms with Gasteiger partial charge in [0.25, 0.3) is 10.0 Å². The number of rotatable bonds is 3. The summed E-state index contributed by atoms with van der Waals surface area (Å²) in [5.41, 5.74) is 1.28.